The van der Waals surface area contributed by atoms with Gasteiger partial charge in [0, 0.05) is 6.20 Å². The molecule has 0 aromatic carbocycles. The standard InChI is InChI=1S/C3H7N3S/c4-3-1-6(5)2-7-3/h1H,2,4-5H2. The Morgan fingerprint density at radius 2 is 2.57 bits per heavy atom. The first-order valence-corrected chi connectivity index (χ1v) is 2.89. The molecule has 3 nitrogen and oxygen atoms in total. The van der Waals surface area contributed by atoms with Crippen molar-refractivity contribution in [2.24, 2.45) is 11.6 Å². The fraction of sp³-hybridized carbons (Fsp3) is 0.333. The summed E-state index contributed by atoms with van der Waals surface area (Å²) < 4.78 is 0. The Labute approximate surface area is 46.3 Å². The van der Waals surface area contributed by atoms with Gasteiger partial charge in [-0.1, -0.05) is 11.8 Å². The largest absolute Gasteiger partial charge is 0.392 e. The smallest absolute Gasteiger partial charge is 0.0851 e. The number of nitrogens with zero attached hydrogens (tertiary/aromatic N) is 1. The van der Waals surface area contributed by atoms with Crippen LogP contribution in [0, 0.1) is 0 Å². The highest BCUT2D eigenvalue weighted by Gasteiger charge is 2.03. The molecule has 0 atom stereocenters. The van der Waals surface area contributed by atoms with Gasteiger partial charge in [-0.3, -0.25) is 0 Å². The Balaban J connectivity index is 2.50. The lowest BCUT2D eigenvalue weighted by atomic mass is 10.9. The van der Waals surface area contributed by atoms with Crippen LogP contribution in [0.4, 0.5) is 0 Å². The first-order chi connectivity index (χ1) is 3.29. The Kier molecular flexibility index (Phi) is 1.12. The summed E-state index contributed by atoms with van der Waals surface area (Å²) in [6.07, 6.45) is 1.71. The molecule has 4 heteroatoms. The van der Waals surface area contributed by atoms with Gasteiger partial charge in [-0.25, -0.2) is 5.84 Å². The van der Waals surface area contributed by atoms with E-state index < -0.39 is 0 Å². The summed E-state index contributed by atoms with van der Waals surface area (Å²) in [5.74, 6) is 6.06. The third-order valence-corrected chi connectivity index (χ3v) is 1.54. The summed E-state index contributed by atoms with van der Waals surface area (Å²) in [5, 5.41) is 2.35. The lowest BCUT2D eigenvalue weighted by Gasteiger charge is -2.00. The van der Waals surface area contributed by atoms with Gasteiger partial charge in [-0.15, -0.1) is 0 Å². The zero-order valence-electron chi connectivity index (χ0n) is 3.79. The lowest BCUT2D eigenvalue weighted by Crippen LogP contribution is -2.20. The molecule has 0 aliphatic carbocycles. The van der Waals surface area contributed by atoms with Gasteiger partial charge >= 0.3 is 0 Å². The summed E-state index contributed by atoms with van der Waals surface area (Å²) in [5.41, 5.74) is 5.33. The van der Waals surface area contributed by atoms with E-state index in [4.69, 9.17) is 11.6 Å². The zero-order chi connectivity index (χ0) is 5.28. The maximum atomic E-state index is 5.33. The number of hydrogen-bond donors (Lipinski definition) is 2. The summed E-state index contributed by atoms with van der Waals surface area (Å²) in [7, 11) is 0. The Bertz CT molecular complexity index is 100. The van der Waals surface area contributed by atoms with Crippen molar-refractivity contribution < 1.29 is 0 Å². The van der Waals surface area contributed by atoms with E-state index in [1.807, 2.05) is 0 Å². The molecule has 0 saturated heterocycles. The molecule has 1 aliphatic rings. The molecule has 0 radical (unpaired) electrons. The minimum atomic E-state index is 0.784. The minimum absolute atomic E-state index is 0.784. The summed E-state index contributed by atoms with van der Waals surface area (Å²) in [4.78, 5) is 0. The highest BCUT2D eigenvalue weighted by molar-refractivity contribution is 8.03. The first kappa shape index (κ1) is 4.80. The van der Waals surface area contributed by atoms with Crippen molar-refractivity contribution in [1.29, 1.82) is 0 Å². The van der Waals surface area contributed by atoms with Gasteiger partial charge in [0.25, 0.3) is 0 Å². The molecular formula is C3H7N3S. The van der Waals surface area contributed by atoms with Crippen LogP contribution in [0.25, 0.3) is 0 Å². The van der Waals surface area contributed by atoms with Crippen LogP contribution < -0.4 is 11.6 Å². The molecule has 4 N–H and O–H groups in total. The van der Waals surface area contributed by atoms with Crippen molar-refractivity contribution in [3.05, 3.63) is 11.2 Å². The van der Waals surface area contributed by atoms with Crippen LogP contribution in [0.15, 0.2) is 11.2 Å². The second-order valence-corrected chi connectivity index (χ2v) is 2.34. The van der Waals surface area contributed by atoms with Gasteiger partial charge in [-0.05, 0) is 0 Å². The first-order valence-electron chi connectivity index (χ1n) is 1.90. The van der Waals surface area contributed by atoms with Crippen molar-refractivity contribution in [2.75, 3.05) is 5.88 Å². The topological polar surface area (TPSA) is 55.3 Å². The van der Waals surface area contributed by atoms with Crippen LogP contribution in [0.5, 0.6) is 0 Å². The van der Waals surface area contributed by atoms with Crippen LogP contribution in [0.2, 0.25) is 0 Å². The average molecular weight is 117 g/mol. The average Bonchev–Trinajstić information content (AvgIpc) is 1.87. The summed E-state index contributed by atoms with van der Waals surface area (Å²) in [6, 6.07) is 0. The predicted molar refractivity (Wildman–Crippen MR) is 30.8 cm³/mol. The Morgan fingerprint density at radius 3 is 2.71 bits per heavy atom. The van der Waals surface area contributed by atoms with Crippen molar-refractivity contribution in [1.82, 2.24) is 5.01 Å². The molecule has 0 fully saturated rings. The van der Waals surface area contributed by atoms with E-state index in [-0.39, 0.29) is 0 Å². The molecule has 40 valence electrons. The van der Waals surface area contributed by atoms with E-state index in [2.05, 4.69) is 0 Å². The van der Waals surface area contributed by atoms with Crippen LogP contribution in [-0.2, 0) is 0 Å². The number of nitrogens with two attached hydrogens (primary N) is 2. The van der Waals surface area contributed by atoms with E-state index in [0.29, 0.717) is 0 Å². The Hall–Kier alpha value is -0.350. The minimum Gasteiger partial charge on any atom is -0.392 e. The predicted octanol–water partition coefficient (Wildman–Crippen LogP) is -0.376. The lowest BCUT2D eigenvalue weighted by molar-refractivity contribution is 0.472. The fourth-order valence-electron chi connectivity index (χ4n) is 0.387. The fourth-order valence-corrected chi connectivity index (χ4v) is 0.970. The zero-order valence-corrected chi connectivity index (χ0v) is 4.61. The summed E-state index contributed by atoms with van der Waals surface area (Å²) >= 11 is 1.55. The molecule has 0 bridgehead atoms. The van der Waals surface area contributed by atoms with Crippen LogP contribution >= 0.6 is 11.8 Å². The van der Waals surface area contributed by atoms with E-state index in [1.54, 1.807) is 23.0 Å². The Morgan fingerprint density at radius 1 is 1.86 bits per heavy atom. The molecule has 7 heavy (non-hydrogen) atoms. The number of rotatable bonds is 0. The van der Waals surface area contributed by atoms with Crippen LogP contribution in [0.1, 0.15) is 0 Å². The van der Waals surface area contributed by atoms with Crippen molar-refractivity contribution in [3.63, 3.8) is 0 Å². The SMILES string of the molecule is NC1=CN(N)CS1. The maximum Gasteiger partial charge on any atom is 0.0851 e. The maximum absolute atomic E-state index is 5.33. The quantitative estimate of drug-likeness (QED) is 0.425. The molecule has 1 aliphatic heterocycles. The molecule has 0 aromatic rings. The van der Waals surface area contributed by atoms with Crippen LogP contribution in [0.3, 0.4) is 0 Å². The van der Waals surface area contributed by atoms with Gasteiger partial charge in [0.2, 0.25) is 0 Å². The molecule has 0 amide bonds. The van der Waals surface area contributed by atoms with E-state index in [1.165, 1.54) is 0 Å². The molecule has 0 spiro atoms. The van der Waals surface area contributed by atoms with Gasteiger partial charge in [0.05, 0.1) is 10.9 Å². The molecule has 0 aromatic heterocycles. The normalized spacial score (nSPS) is 20.1. The number of thioether (sulfide) groups is 1. The molecule has 0 saturated carbocycles. The molecule has 1 heterocycles. The monoisotopic (exact) mass is 117 g/mol. The molecule has 1 rings (SSSR count). The summed E-state index contributed by atoms with van der Waals surface area (Å²) in [6.45, 7) is 0. The third kappa shape index (κ3) is 1.01. The van der Waals surface area contributed by atoms with Crippen LogP contribution in [-0.4, -0.2) is 10.9 Å². The highest BCUT2D eigenvalue weighted by atomic mass is 32.2. The van der Waals surface area contributed by atoms with Crippen molar-refractivity contribution >= 4 is 11.8 Å². The molecular weight excluding hydrogens is 110 g/mol. The van der Waals surface area contributed by atoms with Gasteiger partial charge in [0.15, 0.2) is 0 Å². The van der Waals surface area contributed by atoms with Gasteiger partial charge in [0.1, 0.15) is 0 Å². The highest BCUT2D eigenvalue weighted by Crippen LogP contribution is 2.16. The van der Waals surface area contributed by atoms with Gasteiger partial charge in [-0.2, -0.15) is 0 Å². The van der Waals surface area contributed by atoms with E-state index in [0.717, 1.165) is 10.9 Å². The third-order valence-electron chi connectivity index (χ3n) is 0.673. The second kappa shape index (κ2) is 1.63. The van der Waals surface area contributed by atoms with Crippen molar-refractivity contribution in [3.8, 4) is 0 Å². The number of hydrogen-bond acceptors (Lipinski definition) is 4. The number of hydrazine groups is 1. The second-order valence-electron chi connectivity index (χ2n) is 1.32. The van der Waals surface area contributed by atoms with Gasteiger partial charge < -0.3 is 10.7 Å². The van der Waals surface area contributed by atoms with Crippen molar-refractivity contribution in [2.45, 2.75) is 0 Å². The van der Waals surface area contributed by atoms with E-state index in [9.17, 15) is 0 Å². The van der Waals surface area contributed by atoms with E-state index >= 15 is 0 Å². The molecule has 0 unspecified atom stereocenters.